The Bertz CT molecular complexity index is 629. The van der Waals surface area contributed by atoms with Crippen LogP contribution in [0.15, 0.2) is 48.5 Å². The van der Waals surface area contributed by atoms with Crippen molar-refractivity contribution in [3.05, 3.63) is 59.7 Å². The van der Waals surface area contributed by atoms with Gasteiger partial charge in [-0.05, 0) is 61.1 Å². The van der Waals surface area contributed by atoms with Crippen molar-refractivity contribution >= 4 is 5.69 Å². The van der Waals surface area contributed by atoms with Gasteiger partial charge in [0.25, 0.3) is 0 Å². The van der Waals surface area contributed by atoms with E-state index in [-0.39, 0.29) is 0 Å². The summed E-state index contributed by atoms with van der Waals surface area (Å²) in [5, 5.41) is 3.50. The lowest BCUT2D eigenvalue weighted by atomic mass is 9.87. The van der Waals surface area contributed by atoms with Crippen LogP contribution in [0.25, 0.3) is 0 Å². The molecule has 0 bridgehead atoms. The van der Waals surface area contributed by atoms with Crippen molar-refractivity contribution in [2.24, 2.45) is 5.92 Å². The molecule has 25 heavy (non-hydrogen) atoms. The zero-order valence-corrected chi connectivity index (χ0v) is 15.5. The van der Waals surface area contributed by atoms with Crippen LogP contribution in [0.1, 0.15) is 49.7 Å². The molecule has 0 atom stereocenters. The highest BCUT2D eigenvalue weighted by Gasteiger charge is 2.13. The topological polar surface area (TPSA) is 21.3 Å². The van der Waals surface area contributed by atoms with Gasteiger partial charge in [0.2, 0.25) is 0 Å². The number of benzene rings is 2. The standard InChI is InChI=1S/C23H31NO/c1-19-7-5-6-10-21(19)15-17-24-22-11-13-23(14-12-22)25-18-16-20-8-3-2-4-9-20/h5-7,10-14,20,24H,2-4,8-9,15-18H2,1H3. The second-order valence-corrected chi connectivity index (χ2v) is 7.27. The first-order valence-electron chi connectivity index (χ1n) is 9.82. The van der Waals surface area contributed by atoms with Crippen molar-refractivity contribution in [3.63, 3.8) is 0 Å². The Balaban J connectivity index is 1.37. The Hall–Kier alpha value is -1.96. The molecule has 0 spiro atoms. The molecule has 2 aromatic carbocycles. The minimum atomic E-state index is 0.852. The molecule has 1 saturated carbocycles. The lowest BCUT2D eigenvalue weighted by Gasteiger charge is -2.21. The van der Waals surface area contributed by atoms with Crippen molar-refractivity contribution in [2.75, 3.05) is 18.5 Å². The summed E-state index contributed by atoms with van der Waals surface area (Å²) >= 11 is 0. The summed E-state index contributed by atoms with van der Waals surface area (Å²) < 4.78 is 5.93. The summed E-state index contributed by atoms with van der Waals surface area (Å²) in [6.07, 6.45) is 9.29. The largest absolute Gasteiger partial charge is 0.494 e. The molecular formula is C23H31NO. The van der Waals surface area contributed by atoms with Gasteiger partial charge in [0.1, 0.15) is 5.75 Å². The first kappa shape index (κ1) is 17.8. The molecule has 1 aliphatic carbocycles. The van der Waals surface area contributed by atoms with Gasteiger partial charge >= 0.3 is 0 Å². The molecule has 0 aromatic heterocycles. The highest BCUT2D eigenvalue weighted by Crippen LogP contribution is 2.26. The molecule has 2 aromatic rings. The number of aryl methyl sites for hydroxylation is 1. The Kier molecular flexibility index (Phi) is 6.79. The average Bonchev–Trinajstić information content (AvgIpc) is 2.65. The van der Waals surface area contributed by atoms with Crippen LogP contribution in [0.4, 0.5) is 5.69 Å². The molecule has 2 nitrogen and oxygen atoms in total. The zero-order valence-electron chi connectivity index (χ0n) is 15.5. The predicted octanol–water partition coefficient (Wildman–Crippen LogP) is 6.00. The van der Waals surface area contributed by atoms with Crippen molar-refractivity contribution in [1.82, 2.24) is 0 Å². The molecular weight excluding hydrogens is 306 g/mol. The second-order valence-electron chi connectivity index (χ2n) is 7.27. The molecule has 2 heteroatoms. The Labute approximate surface area is 152 Å². The molecule has 0 radical (unpaired) electrons. The molecule has 134 valence electrons. The van der Waals surface area contributed by atoms with Crippen molar-refractivity contribution < 1.29 is 4.74 Å². The van der Waals surface area contributed by atoms with Gasteiger partial charge in [0, 0.05) is 12.2 Å². The average molecular weight is 338 g/mol. The Morgan fingerprint density at radius 1 is 0.960 bits per heavy atom. The van der Waals surface area contributed by atoms with E-state index in [1.807, 2.05) is 0 Å². The Morgan fingerprint density at radius 3 is 2.48 bits per heavy atom. The molecule has 0 heterocycles. The number of hydrogen-bond acceptors (Lipinski definition) is 2. The number of nitrogens with one attached hydrogen (secondary N) is 1. The fourth-order valence-electron chi connectivity index (χ4n) is 3.72. The fraction of sp³-hybridized carbons (Fsp3) is 0.478. The van der Waals surface area contributed by atoms with Crippen LogP contribution >= 0.6 is 0 Å². The van der Waals surface area contributed by atoms with Crippen LogP contribution in [0, 0.1) is 12.8 Å². The summed E-state index contributed by atoms with van der Waals surface area (Å²) in [5.41, 5.74) is 3.94. The third kappa shape index (κ3) is 5.81. The van der Waals surface area contributed by atoms with Crippen molar-refractivity contribution in [1.29, 1.82) is 0 Å². The summed E-state index contributed by atoms with van der Waals surface area (Å²) in [6.45, 7) is 3.98. The lowest BCUT2D eigenvalue weighted by Crippen LogP contribution is -2.10. The molecule has 1 N–H and O–H groups in total. The molecule has 0 saturated heterocycles. The van der Waals surface area contributed by atoms with Gasteiger partial charge in [-0.1, -0.05) is 56.4 Å². The van der Waals surface area contributed by atoms with Crippen LogP contribution < -0.4 is 10.1 Å². The maximum absolute atomic E-state index is 5.93. The van der Waals surface area contributed by atoms with E-state index in [1.54, 1.807) is 0 Å². The van der Waals surface area contributed by atoms with E-state index in [1.165, 1.54) is 49.7 Å². The minimum Gasteiger partial charge on any atom is -0.494 e. The van der Waals surface area contributed by atoms with E-state index in [4.69, 9.17) is 4.74 Å². The quantitative estimate of drug-likeness (QED) is 0.638. The van der Waals surface area contributed by atoms with Crippen LogP contribution in [-0.4, -0.2) is 13.2 Å². The van der Waals surface area contributed by atoms with E-state index in [0.29, 0.717) is 0 Å². The number of rotatable bonds is 8. The third-order valence-corrected chi connectivity index (χ3v) is 5.36. The van der Waals surface area contributed by atoms with Gasteiger partial charge in [0.15, 0.2) is 0 Å². The van der Waals surface area contributed by atoms with Crippen LogP contribution in [0.3, 0.4) is 0 Å². The first-order chi connectivity index (χ1) is 12.3. The predicted molar refractivity (Wildman–Crippen MR) is 107 cm³/mol. The highest BCUT2D eigenvalue weighted by atomic mass is 16.5. The Morgan fingerprint density at radius 2 is 1.72 bits per heavy atom. The smallest absolute Gasteiger partial charge is 0.119 e. The number of anilines is 1. The van der Waals surface area contributed by atoms with E-state index in [2.05, 4.69) is 60.8 Å². The van der Waals surface area contributed by atoms with Gasteiger partial charge in [-0.2, -0.15) is 0 Å². The lowest BCUT2D eigenvalue weighted by molar-refractivity contribution is 0.246. The van der Waals surface area contributed by atoms with Crippen LogP contribution in [0.2, 0.25) is 0 Å². The molecule has 3 rings (SSSR count). The van der Waals surface area contributed by atoms with Gasteiger partial charge < -0.3 is 10.1 Å². The molecule has 0 aliphatic heterocycles. The van der Waals surface area contributed by atoms with Gasteiger partial charge in [0.05, 0.1) is 6.61 Å². The fourth-order valence-corrected chi connectivity index (χ4v) is 3.72. The summed E-state index contributed by atoms with van der Waals surface area (Å²) in [5.74, 6) is 1.87. The first-order valence-corrected chi connectivity index (χ1v) is 9.82. The second kappa shape index (κ2) is 9.50. The van der Waals surface area contributed by atoms with E-state index in [0.717, 1.165) is 36.9 Å². The summed E-state index contributed by atoms with van der Waals surface area (Å²) in [7, 11) is 0. The molecule has 1 aliphatic rings. The summed E-state index contributed by atoms with van der Waals surface area (Å²) in [6, 6.07) is 17.0. The van der Waals surface area contributed by atoms with Crippen LogP contribution in [-0.2, 0) is 6.42 Å². The molecule has 0 amide bonds. The van der Waals surface area contributed by atoms with Gasteiger partial charge in [-0.15, -0.1) is 0 Å². The zero-order chi connectivity index (χ0) is 17.3. The maximum Gasteiger partial charge on any atom is 0.119 e. The van der Waals surface area contributed by atoms with Gasteiger partial charge in [-0.25, -0.2) is 0 Å². The monoisotopic (exact) mass is 337 g/mol. The van der Waals surface area contributed by atoms with E-state index in [9.17, 15) is 0 Å². The summed E-state index contributed by atoms with van der Waals surface area (Å²) in [4.78, 5) is 0. The van der Waals surface area contributed by atoms with Crippen molar-refractivity contribution in [3.8, 4) is 5.75 Å². The van der Waals surface area contributed by atoms with E-state index >= 15 is 0 Å². The van der Waals surface area contributed by atoms with Gasteiger partial charge in [-0.3, -0.25) is 0 Å². The number of ether oxygens (including phenoxy) is 1. The highest BCUT2D eigenvalue weighted by molar-refractivity contribution is 5.46. The third-order valence-electron chi connectivity index (χ3n) is 5.36. The number of hydrogen-bond donors (Lipinski definition) is 1. The maximum atomic E-state index is 5.93. The molecule has 0 unspecified atom stereocenters. The minimum absolute atomic E-state index is 0.852. The van der Waals surface area contributed by atoms with Crippen molar-refractivity contribution in [2.45, 2.75) is 51.9 Å². The van der Waals surface area contributed by atoms with Crippen LogP contribution in [0.5, 0.6) is 5.75 Å². The SMILES string of the molecule is Cc1ccccc1CCNc1ccc(OCCC2CCCCC2)cc1. The molecule has 1 fully saturated rings. The normalized spacial score (nSPS) is 15.1. The van der Waals surface area contributed by atoms with E-state index < -0.39 is 0 Å².